The summed E-state index contributed by atoms with van der Waals surface area (Å²) in [5.74, 6) is -1.41. The number of hydrogen-bond acceptors (Lipinski definition) is 5. The maximum Gasteiger partial charge on any atom is 0.306 e. The van der Waals surface area contributed by atoms with Crippen molar-refractivity contribution in [1.29, 1.82) is 0 Å². The highest BCUT2D eigenvalue weighted by Gasteiger charge is 2.21. The first kappa shape index (κ1) is 13.3. The molecule has 2 unspecified atom stereocenters. The van der Waals surface area contributed by atoms with Crippen LogP contribution in [0.15, 0.2) is 18.3 Å². The third-order valence-electron chi connectivity index (χ3n) is 2.24. The average Bonchev–Trinajstić information content (AvgIpc) is 2.27. The van der Waals surface area contributed by atoms with Crippen molar-refractivity contribution in [3.8, 4) is 0 Å². The van der Waals surface area contributed by atoms with E-state index in [1.165, 1.54) is 25.3 Å². The fourth-order valence-electron chi connectivity index (χ4n) is 1.30. The maximum atomic E-state index is 11.0. The number of carbonyl (C=O) groups is 2. The van der Waals surface area contributed by atoms with Gasteiger partial charge in [-0.15, -0.1) is 0 Å². The van der Waals surface area contributed by atoms with Crippen LogP contribution in [-0.2, 0) is 4.79 Å². The Bertz CT molecular complexity index is 414. The number of nitrogens with zero attached hydrogens (tertiary/aromatic N) is 1. The molecule has 0 aliphatic rings. The van der Waals surface area contributed by atoms with Crippen molar-refractivity contribution in [2.24, 2.45) is 0 Å². The van der Waals surface area contributed by atoms with Crippen molar-refractivity contribution >= 4 is 11.8 Å². The minimum atomic E-state index is -1.41. The topological polar surface area (TPSA) is 108 Å². The highest BCUT2D eigenvalue weighted by molar-refractivity contribution is 5.91. The van der Waals surface area contributed by atoms with Gasteiger partial charge in [-0.25, -0.2) is 0 Å². The summed E-state index contributed by atoms with van der Waals surface area (Å²) in [6, 6.07) is 2.84. The number of aromatic nitrogens is 1. The number of hydrogen-bond donors (Lipinski definition) is 3. The lowest BCUT2D eigenvalue weighted by atomic mass is 10.0. The normalized spacial score (nSPS) is 14.1. The lowest BCUT2D eigenvalue weighted by molar-refractivity contribution is -0.141. The molecule has 1 aromatic heterocycles. The Morgan fingerprint density at radius 3 is 2.41 bits per heavy atom. The zero-order valence-electron chi connectivity index (χ0n) is 9.20. The maximum absolute atomic E-state index is 11.0. The standard InChI is InChI=1S/C11H13NO5/c1-6(13)8-3-2-7(5-12-8)11(17)9(14)4-10(15)16/h2-3,5,9,11,14,17H,4H2,1H3,(H,15,16). The van der Waals surface area contributed by atoms with E-state index in [4.69, 9.17) is 5.11 Å². The number of carbonyl (C=O) groups excluding carboxylic acids is 1. The first-order valence-corrected chi connectivity index (χ1v) is 4.96. The number of rotatable bonds is 5. The Morgan fingerprint density at radius 2 is 2.00 bits per heavy atom. The molecule has 17 heavy (non-hydrogen) atoms. The molecule has 92 valence electrons. The Hall–Kier alpha value is -1.79. The number of ketones is 1. The van der Waals surface area contributed by atoms with E-state index in [1.54, 1.807) is 0 Å². The lowest BCUT2D eigenvalue weighted by Crippen LogP contribution is -2.22. The van der Waals surface area contributed by atoms with E-state index in [0.29, 0.717) is 0 Å². The zero-order valence-corrected chi connectivity index (χ0v) is 9.20. The molecule has 0 bridgehead atoms. The first-order chi connectivity index (χ1) is 7.91. The monoisotopic (exact) mass is 239 g/mol. The van der Waals surface area contributed by atoms with Gasteiger partial charge in [0.25, 0.3) is 0 Å². The molecule has 1 heterocycles. The Kier molecular flexibility index (Phi) is 4.30. The molecule has 0 radical (unpaired) electrons. The molecule has 1 aromatic rings. The van der Waals surface area contributed by atoms with Gasteiger partial charge in [0.2, 0.25) is 0 Å². The minimum Gasteiger partial charge on any atom is -0.481 e. The van der Waals surface area contributed by atoms with E-state index in [-0.39, 0.29) is 17.0 Å². The summed E-state index contributed by atoms with van der Waals surface area (Å²) in [6.07, 6.45) is -2.06. The second-order valence-electron chi connectivity index (χ2n) is 3.64. The van der Waals surface area contributed by atoms with E-state index < -0.39 is 24.6 Å². The molecule has 6 heteroatoms. The molecule has 0 fully saturated rings. The second-order valence-corrected chi connectivity index (χ2v) is 3.64. The minimum absolute atomic E-state index is 0.211. The van der Waals surface area contributed by atoms with Crippen LogP contribution in [0.5, 0.6) is 0 Å². The average molecular weight is 239 g/mol. The lowest BCUT2D eigenvalue weighted by Gasteiger charge is -2.16. The van der Waals surface area contributed by atoms with Crippen LogP contribution in [-0.4, -0.2) is 38.2 Å². The summed E-state index contributed by atoms with van der Waals surface area (Å²) < 4.78 is 0. The molecule has 2 atom stereocenters. The van der Waals surface area contributed by atoms with Crippen LogP contribution in [0.25, 0.3) is 0 Å². The summed E-state index contributed by atoms with van der Waals surface area (Å²) in [4.78, 5) is 25.1. The molecule has 0 saturated heterocycles. The van der Waals surface area contributed by atoms with Crippen molar-refractivity contribution < 1.29 is 24.9 Å². The molecule has 1 rings (SSSR count). The van der Waals surface area contributed by atoms with Gasteiger partial charge in [0, 0.05) is 18.7 Å². The largest absolute Gasteiger partial charge is 0.481 e. The smallest absolute Gasteiger partial charge is 0.306 e. The van der Waals surface area contributed by atoms with Crippen LogP contribution in [0.2, 0.25) is 0 Å². The number of aliphatic hydroxyl groups is 2. The van der Waals surface area contributed by atoms with Gasteiger partial charge in [0.05, 0.1) is 12.5 Å². The molecule has 6 nitrogen and oxygen atoms in total. The van der Waals surface area contributed by atoms with Crippen molar-refractivity contribution in [1.82, 2.24) is 4.98 Å². The van der Waals surface area contributed by atoms with Crippen molar-refractivity contribution in [3.63, 3.8) is 0 Å². The fourth-order valence-corrected chi connectivity index (χ4v) is 1.30. The Balaban J connectivity index is 2.78. The highest BCUT2D eigenvalue weighted by Crippen LogP contribution is 2.18. The van der Waals surface area contributed by atoms with E-state index in [1.807, 2.05) is 0 Å². The van der Waals surface area contributed by atoms with E-state index in [9.17, 15) is 19.8 Å². The third kappa shape index (κ3) is 3.61. The number of pyridine rings is 1. The molecule has 0 aliphatic carbocycles. The van der Waals surface area contributed by atoms with E-state index >= 15 is 0 Å². The summed E-state index contributed by atoms with van der Waals surface area (Å²) in [7, 11) is 0. The summed E-state index contributed by atoms with van der Waals surface area (Å²) >= 11 is 0. The van der Waals surface area contributed by atoms with E-state index in [2.05, 4.69) is 4.98 Å². The number of aliphatic carboxylic acids is 1. The van der Waals surface area contributed by atoms with Gasteiger partial charge in [-0.05, 0) is 6.07 Å². The SMILES string of the molecule is CC(=O)c1ccc(C(O)C(O)CC(=O)O)cn1. The number of carboxylic acids is 1. The van der Waals surface area contributed by atoms with Gasteiger partial charge in [0.1, 0.15) is 11.8 Å². The number of carboxylic acid groups (broad SMARTS) is 1. The highest BCUT2D eigenvalue weighted by atomic mass is 16.4. The zero-order chi connectivity index (χ0) is 13.0. The van der Waals surface area contributed by atoms with Crippen LogP contribution >= 0.6 is 0 Å². The van der Waals surface area contributed by atoms with Crippen LogP contribution in [0.1, 0.15) is 35.5 Å². The van der Waals surface area contributed by atoms with Crippen molar-refractivity contribution in [2.45, 2.75) is 25.6 Å². The quantitative estimate of drug-likeness (QED) is 0.631. The Labute approximate surface area is 97.5 Å². The van der Waals surface area contributed by atoms with Gasteiger partial charge in [-0.3, -0.25) is 14.6 Å². The number of Topliss-reactive ketones (excluding diaryl/α,β-unsaturated/α-hetero) is 1. The van der Waals surface area contributed by atoms with Crippen molar-refractivity contribution in [3.05, 3.63) is 29.6 Å². The van der Waals surface area contributed by atoms with Gasteiger partial charge >= 0.3 is 5.97 Å². The molecule has 0 saturated carbocycles. The fraction of sp³-hybridized carbons (Fsp3) is 0.364. The van der Waals surface area contributed by atoms with Gasteiger partial charge in [-0.1, -0.05) is 6.07 Å². The molecule has 3 N–H and O–H groups in total. The van der Waals surface area contributed by atoms with Crippen LogP contribution < -0.4 is 0 Å². The molecule has 0 amide bonds. The van der Waals surface area contributed by atoms with Crippen LogP contribution in [0.4, 0.5) is 0 Å². The number of aliphatic hydroxyl groups excluding tert-OH is 2. The molecular formula is C11H13NO5. The predicted octanol–water partition coefficient (Wildman–Crippen LogP) is 0.153. The first-order valence-electron chi connectivity index (χ1n) is 4.96. The second kappa shape index (κ2) is 5.51. The van der Waals surface area contributed by atoms with Crippen LogP contribution in [0, 0.1) is 0 Å². The van der Waals surface area contributed by atoms with E-state index in [0.717, 1.165) is 0 Å². The van der Waals surface area contributed by atoms with Gasteiger partial charge < -0.3 is 15.3 Å². The summed E-state index contributed by atoms with van der Waals surface area (Å²) in [5.41, 5.74) is 0.512. The summed E-state index contributed by atoms with van der Waals surface area (Å²) in [5, 5.41) is 27.5. The van der Waals surface area contributed by atoms with Crippen LogP contribution in [0.3, 0.4) is 0 Å². The molecule has 0 aliphatic heterocycles. The Morgan fingerprint density at radius 1 is 1.35 bits per heavy atom. The molecule has 0 aromatic carbocycles. The summed E-state index contributed by atoms with van der Waals surface area (Å²) in [6.45, 7) is 1.36. The molecule has 0 spiro atoms. The predicted molar refractivity (Wildman–Crippen MR) is 57.5 cm³/mol. The van der Waals surface area contributed by atoms with Crippen molar-refractivity contribution in [2.75, 3.05) is 0 Å². The molecular weight excluding hydrogens is 226 g/mol. The van der Waals surface area contributed by atoms with Gasteiger partial charge in [0.15, 0.2) is 5.78 Å². The van der Waals surface area contributed by atoms with Gasteiger partial charge in [-0.2, -0.15) is 0 Å². The third-order valence-corrected chi connectivity index (χ3v) is 2.24.